The molecule has 2 heteroatoms. The normalized spacial score (nSPS) is 10.7. The maximum Gasteiger partial charge on any atom is 0.126 e. The summed E-state index contributed by atoms with van der Waals surface area (Å²) in [5, 5.41) is 0. The molecule has 1 aromatic carbocycles. The fourth-order valence-electron chi connectivity index (χ4n) is 2.44. The number of rotatable bonds is 8. The average Bonchev–Trinajstić information content (AvgIpc) is 2.39. The minimum Gasteiger partial charge on any atom is -0.496 e. The maximum atomic E-state index is 5.53. The van der Waals surface area contributed by atoms with Gasteiger partial charge in [0.25, 0.3) is 0 Å². The fraction of sp³-hybridized carbons (Fsp3) is 0.625. The molecule has 102 valence electrons. The third kappa shape index (κ3) is 3.94. The molecule has 0 spiro atoms. The molecule has 0 saturated carbocycles. The molecule has 0 aliphatic rings. The largest absolute Gasteiger partial charge is 0.496 e. The SMILES string of the molecule is CCCC(CCC)c1ccc(OCC)cc1OC. The lowest BCUT2D eigenvalue weighted by Crippen LogP contribution is -2.02. The zero-order valence-corrected chi connectivity index (χ0v) is 12.2. The molecular weight excluding hydrogens is 224 g/mol. The first-order chi connectivity index (χ1) is 8.76. The maximum absolute atomic E-state index is 5.53. The summed E-state index contributed by atoms with van der Waals surface area (Å²) >= 11 is 0. The Bertz CT molecular complexity index is 341. The number of methoxy groups -OCH3 is 1. The van der Waals surface area contributed by atoms with Crippen LogP contribution in [0, 0.1) is 0 Å². The minimum atomic E-state index is 0.602. The summed E-state index contributed by atoms with van der Waals surface area (Å²) in [6, 6.07) is 6.23. The molecule has 0 amide bonds. The van der Waals surface area contributed by atoms with Crippen LogP contribution in [0.3, 0.4) is 0 Å². The summed E-state index contributed by atoms with van der Waals surface area (Å²) in [4.78, 5) is 0. The molecule has 0 unspecified atom stereocenters. The summed E-state index contributed by atoms with van der Waals surface area (Å²) in [7, 11) is 1.74. The van der Waals surface area contributed by atoms with E-state index in [1.165, 1.54) is 31.2 Å². The van der Waals surface area contributed by atoms with Crippen molar-refractivity contribution in [1.82, 2.24) is 0 Å². The van der Waals surface area contributed by atoms with Crippen molar-refractivity contribution >= 4 is 0 Å². The van der Waals surface area contributed by atoms with Gasteiger partial charge in [0.1, 0.15) is 11.5 Å². The van der Waals surface area contributed by atoms with E-state index in [0.29, 0.717) is 12.5 Å². The predicted octanol–water partition coefficient (Wildman–Crippen LogP) is 4.78. The smallest absolute Gasteiger partial charge is 0.126 e. The summed E-state index contributed by atoms with van der Waals surface area (Å²) in [5.74, 6) is 2.46. The highest BCUT2D eigenvalue weighted by atomic mass is 16.5. The van der Waals surface area contributed by atoms with Gasteiger partial charge < -0.3 is 9.47 Å². The zero-order chi connectivity index (χ0) is 13.4. The molecule has 2 nitrogen and oxygen atoms in total. The van der Waals surface area contributed by atoms with E-state index in [9.17, 15) is 0 Å². The molecular formula is C16H26O2. The minimum absolute atomic E-state index is 0.602. The molecule has 0 aliphatic carbocycles. The third-order valence-electron chi connectivity index (χ3n) is 3.23. The lowest BCUT2D eigenvalue weighted by Gasteiger charge is -2.19. The Hall–Kier alpha value is -1.18. The molecule has 0 fully saturated rings. The summed E-state index contributed by atoms with van der Waals surface area (Å²) < 4.78 is 11.0. The molecule has 1 aromatic rings. The molecule has 0 atom stereocenters. The molecule has 0 radical (unpaired) electrons. The van der Waals surface area contributed by atoms with Gasteiger partial charge >= 0.3 is 0 Å². The van der Waals surface area contributed by atoms with E-state index in [2.05, 4.69) is 26.0 Å². The number of benzene rings is 1. The van der Waals surface area contributed by atoms with E-state index in [0.717, 1.165) is 11.5 Å². The van der Waals surface area contributed by atoms with E-state index < -0.39 is 0 Å². The Balaban J connectivity index is 2.97. The van der Waals surface area contributed by atoms with E-state index in [1.807, 2.05) is 13.0 Å². The summed E-state index contributed by atoms with van der Waals surface area (Å²) in [5.41, 5.74) is 1.32. The first-order valence-electron chi connectivity index (χ1n) is 7.07. The summed E-state index contributed by atoms with van der Waals surface area (Å²) in [6.45, 7) is 7.17. The molecule has 1 rings (SSSR count). The Kier molecular flexibility index (Phi) is 6.63. The summed E-state index contributed by atoms with van der Waals surface area (Å²) in [6.07, 6.45) is 4.86. The molecule has 18 heavy (non-hydrogen) atoms. The molecule has 0 heterocycles. The van der Waals surface area contributed by atoms with Gasteiger partial charge in [-0.05, 0) is 37.3 Å². The first kappa shape index (κ1) is 14.9. The van der Waals surface area contributed by atoms with Crippen molar-refractivity contribution in [2.75, 3.05) is 13.7 Å². The van der Waals surface area contributed by atoms with Gasteiger partial charge in [-0.1, -0.05) is 32.8 Å². The van der Waals surface area contributed by atoms with Crippen molar-refractivity contribution in [3.63, 3.8) is 0 Å². The third-order valence-corrected chi connectivity index (χ3v) is 3.23. The van der Waals surface area contributed by atoms with Crippen LogP contribution >= 0.6 is 0 Å². The van der Waals surface area contributed by atoms with Gasteiger partial charge in [0.05, 0.1) is 13.7 Å². The van der Waals surface area contributed by atoms with Gasteiger partial charge in [0.2, 0.25) is 0 Å². The topological polar surface area (TPSA) is 18.5 Å². The van der Waals surface area contributed by atoms with Crippen LogP contribution in [0.1, 0.15) is 57.9 Å². The standard InChI is InChI=1S/C16H26O2/c1-5-8-13(9-6-2)15-11-10-14(18-7-3)12-16(15)17-4/h10-13H,5-9H2,1-4H3. The zero-order valence-electron chi connectivity index (χ0n) is 12.2. The Morgan fingerprint density at radius 3 is 2.22 bits per heavy atom. The van der Waals surface area contributed by atoms with E-state index >= 15 is 0 Å². The highest BCUT2D eigenvalue weighted by Crippen LogP contribution is 2.35. The van der Waals surface area contributed by atoms with Gasteiger partial charge in [0.15, 0.2) is 0 Å². The number of ether oxygens (including phenoxy) is 2. The monoisotopic (exact) mass is 250 g/mol. The second-order valence-electron chi connectivity index (χ2n) is 4.61. The van der Waals surface area contributed by atoms with Crippen LogP contribution in [-0.2, 0) is 0 Å². The van der Waals surface area contributed by atoms with Crippen molar-refractivity contribution in [1.29, 1.82) is 0 Å². The Labute approximate surface area is 111 Å². The van der Waals surface area contributed by atoms with Crippen LogP contribution < -0.4 is 9.47 Å². The lowest BCUT2D eigenvalue weighted by molar-refractivity contribution is 0.335. The molecule has 0 saturated heterocycles. The first-order valence-corrected chi connectivity index (χ1v) is 7.07. The van der Waals surface area contributed by atoms with Crippen LogP contribution in [0.25, 0.3) is 0 Å². The highest BCUT2D eigenvalue weighted by molar-refractivity contribution is 5.42. The highest BCUT2D eigenvalue weighted by Gasteiger charge is 2.15. The number of hydrogen-bond acceptors (Lipinski definition) is 2. The van der Waals surface area contributed by atoms with Crippen molar-refractivity contribution in [2.45, 2.75) is 52.4 Å². The van der Waals surface area contributed by atoms with Crippen LogP contribution in [0.2, 0.25) is 0 Å². The predicted molar refractivity (Wildman–Crippen MR) is 76.7 cm³/mol. The van der Waals surface area contributed by atoms with Gasteiger partial charge in [-0.2, -0.15) is 0 Å². The molecule has 0 aliphatic heterocycles. The van der Waals surface area contributed by atoms with Gasteiger partial charge in [0, 0.05) is 6.07 Å². The fourth-order valence-corrected chi connectivity index (χ4v) is 2.44. The second kappa shape index (κ2) is 8.02. The van der Waals surface area contributed by atoms with E-state index in [4.69, 9.17) is 9.47 Å². The van der Waals surface area contributed by atoms with Crippen molar-refractivity contribution in [3.05, 3.63) is 23.8 Å². The quantitative estimate of drug-likeness (QED) is 0.661. The van der Waals surface area contributed by atoms with Crippen LogP contribution in [0.15, 0.2) is 18.2 Å². The van der Waals surface area contributed by atoms with Crippen molar-refractivity contribution in [2.24, 2.45) is 0 Å². The van der Waals surface area contributed by atoms with E-state index in [-0.39, 0.29) is 0 Å². The van der Waals surface area contributed by atoms with Crippen molar-refractivity contribution in [3.8, 4) is 11.5 Å². The average molecular weight is 250 g/mol. The van der Waals surface area contributed by atoms with Crippen molar-refractivity contribution < 1.29 is 9.47 Å². The van der Waals surface area contributed by atoms with E-state index in [1.54, 1.807) is 7.11 Å². The molecule has 0 N–H and O–H groups in total. The molecule has 0 aromatic heterocycles. The molecule has 0 bridgehead atoms. The van der Waals surface area contributed by atoms with Crippen LogP contribution in [0.5, 0.6) is 11.5 Å². The Morgan fingerprint density at radius 1 is 1.06 bits per heavy atom. The lowest BCUT2D eigenvalue weighted by atomic mass is 9.89. The Morgan fingerprint density at radius 2 is 1.72 bits per heavy atom. The number of hydrogen-bond donors (Lipinski definition) is 0. The van der Waals surface area contributed by atoms with Gasteiger partial charge in [-0.25, -0.2) is 0 Å². The second-order valence-corrected chi connectivity index (χ2v) is 4.61. The van der Waals surface area contributed by atoms with Gasteiger partial charge in [-0.15, -0.1) is 0 Å². The van der Waals surface area contributed by atoms with Crippen LogP contribution in [-0.4, -0.2) is 13.7 Å². The van der Waals surface area contributed by atoms with Gasteiger partial charge in [-0.3, -0.25) is 0 Å². The van der Waals surface area contributed by atoms with Crippen LogP contribution in [0.4, 0.5) is 0 Å².